The predicted molar refractivity (Wildman–Crippen MR) is 82.0 cm³/mol. The van der Waals surface area contributed by atoms with Gasteiger partial charge in [-0.2, -0.15) is 5.10 Å². The molecular weight excluding hydrogens is 272 g/mol. The summed E-state index contributed by atoms with van der Waals surface area (Å²) in [6.45, 7) is 5.11. The fourth-order valence-corrected chi connectivity index (χ4v) is 2.74. The topological polar surface area (TPSA) is 35.6 Å². The van der Waals surface area contributed by atoms with Crippen LogP contribution in [0.4, 0.5) is 0 Å². The Balaban J connectivity index is 2.28. The lowest BCUT2D eigenvalue weighted by atomic mass is 10.2. The van der Waals surface area contributed by atoms with Crippen LogP contribution in [0, 0.1) is 6.92 Å². The van der Waals surface area contributed by atoms with Crippen LogP contribution in [0.25, 0.3) is 22.4 Å². The van der Waals surface area contributed by atoms with Gasteiger partial charge in [-0.3, -0.25) is 4.68 Å². The monoisotopic (exact) mass is 288 g/mol. The quantitative estimate of drug-likeness (QED) is 0.735. The fourth-order valence-electron chi connectivity index (χ4n) is 2.58. The SMILES string of the molecule is CCCn1c(-c2cn(C)nc2C)nc2cc(Cl)ccc21. The van der Waals surface area contributed by atoms with Gasteiger partial charge in [-0.25, -0.2) is 4.98 Å². The van der Waals surface area contributed by atoms with Gasteiger partial charge in [0.15, 0.2) is 0 Å². The molecule has 2 aromatic heterocycles. The van der Waals surface area contributed by atoms with E-state index in [1.165, 1.54) is 0 Å². The molecule has 0 aliphatic heterocycles. The van der Waals surface area contributed by atoms with E-state index in [1.807, 2.05) is 43.0 Å². The molecule has 0 saturated carbocycles. The van der Waals surface area contributed by atoms with E-state index < -0.39 is 0 Å². The first-order valence-electron chi connectivity index (χ1n) is 6.76. The highest BCUT2D eigenvalue weighted by Gasteiger charge is 2.16. The van der Waals surface area contributed by atoms with Gasteiger partial charge in [0.1, 0.15) is 5.82 Å². The molecular formula is C15H17ClN4. The van der Waals surface area contributed by atoms with Gasteiger partial charge in [-0.1, -0.05) is 18.5 Å². The predicted octanol–water partition coefficient (Wildman–Crippen LogP) is 3.81. The summed E-state index contributed by atoms with van der Waals surface area (Å²) in [5.74, 6) is 0.967. The maximum Gasteiger partial charge on any atom is 0.144 e. The van der Waals surface area contributed by atoms with Crippen molar-refractivity contribution in [2.75, 3.05) is 0 Å². The summed E-state index contributed by atoms with van der Waals surface area (Å²) in [6.07, 6.45) is 3.07. The zero-order valence-electron chi connectivity index (χ0n) is 11.9. The van der Waals surface area contributed by atoms with Crippen LogP contribution < -0.4 is 0 Å². The molecule has 0 aliphatic rings. The molecule has 0 N–H and O–H groups in total. The molecule has 0 unspecified atom stereocenters. The minimum atomic E-state index is 0.716. The van der Waals surface area contributed by atoms with Crippen LogP contribution in [-0.4, -0.2) is 19.3 Å². The molecule has 2 heterocycles. The second-order valence-corrected chi connectivity index (χ2v) is 5.46. The third kappa shape index (κ3) is 2.10. The van der Waals surface area contributed by atoms with Crippen molar-refractivity contribution in [1.82, 2.24) is 19.3 Å². The summed E-state index contributed by atoms with van der Waals surface area (Å²) in [7, 11) is 1.93. The van der Waals surface area contributed by atoms with Crippen molar-refractivity contribution in [1.29, 1.82) is 0 Å². The Kier molecular flexibility index (Phi) is 3.26. The molecule has 0 aliphatic carbocycles. The summed E-state index contributed by atoms with van der Waals surface area (Å²) >= 11 is 6.07. The van der Waals surface area contributed by atoms with E-state index in [9.17, 15) is 0 Å². The number of halogens is 1. The van der Waals surface area contributed by atoms with Gasteiger partial charge in [0.05, 0.1) is 22.3 Å². The lowest BCUT2D eigenvalue weighted by Crippen LogP contribution is -1.99. The molecule has 3 aromatic rings. The molecule has 0 atom stereocenters. The van der Waals surface area contributed by atoms with Crippen LogP contribution >= 0.6 is 11.6 Å². The summed E-state index contributed by atoms with van der Waals surface area (Å²) in [4.78, 5) is 4.76. The van der Waals surface area contributed by atoms with Crippen LogP contribution in [0.1, 0.15) is 19.0 Å². The number of aromatic nitrogens is 4. The van der Waals surface area contributed by atoms with E-state index in [0.29, 0.717) is 5.02 Å². The normalized spacial score (nSPS) is 11.4. The molecule has 5 heteroatoms. The molecule has 1 aromatic carbocycles. The molecule has 0 radical (unpaired) electrons. The molecule has 3 rings (SSSR count). The molecule has 0 bridgehead atoms. The Labute approximate surface area is 123 Å². The second kappa shape index (κ2) is 4.94. The van der Waals surface area contributed by atoms with E-state index >= 15 is 0 Å². The highest BCUT2D eigenvalue weighted by atomic mass is 35.5. The van der Waals surface area contributed by atoms with Crippen LogP contribution in [0.3, 0.4) is 0 Å². The van der Waals surface area contributed by atoms with E-state index in [2.05, 4.69) is 16.6 Å². The molecule has 4 nitrogen and oxygen atoms in total. The van der Waals surface area contributed by atoms with Crippen LogP contribution in [0.5, 0.6) is 0 Å². The lowest BCUT2D eigenvalue weighted by molar-refractivity contribution is 0.704. The number of rotatable bonds is 3. The molecule has 0 amide bonds. The van der Waals surface area contributed by atoms with Gasteiger partial charge in [-0.05, 0) is 31.5 Å². The molecule has 20 heavy (non-hydrogen) atoms. The fraction of sp³-hybridized carbons (Fsp3) is 0.333. The van der Waals surface area contributed by atoms with Crippen molar-refractivity contribution in [2.45, 2.75) is 26.8 Å². The number of hydrogen-bond acceptors (Lipinski definition) is 2. The Morgan fingerprint density at radius 3 is 2.75 bits per heavy atom. The maximum absolute atomic E-state index is 6.07. The average molecular weight is 289 g/mol. The van der Waals surface area contributed by atoms with Crippen molar-refractivity contribution >= 4 is 22.6 Å². The minimum absolute atomic E-state index is 0.716. The summed E-state index contributed by atoms with van der Waals surface area (Å²) in [5.41, 5.74) is 4.12. The van der Waals surface area contributed by atoms with Crippen molar-refractivity contribution in [3.63, 3.8) is 0 Å². The number of fused-ring (bicyclic) bond motifs is 1. The van der Waals surface area contributed by atoms with Gasteiger partial charge in [-0.15, -0.1) is 0 Å². The number of aryl methyl sites for hydroxylation is 3. The number of imidazole rings is 1. The molecule has 0 spiro atoms. The van der Waals surface area contributed by atoms with Crippen LogP contribution in [0.15, 0.2) is 24.4 Å². The van der Waals surface area contributed by atoms with Gasteiger partial charge in [0.2, 0.25) is 0 Å². The highest BCUT2D eigenvalue weighted by molar-refractivity contribution is 6.31. The molecule has 0 saturated heterocycles. The lowest BCUT2D eigenvalue weighted by Gasteiger charge is -2.06. The molecule has 104 valence electrons. The maximum atomic E-state index is 6.07. The first-order chi connectivity index (χ1) is 9.60. The van der Waals surface area contributed by atoms with Crippen molar-refractivity contribution in [3.05, 3.63) is 35.1 Å². The van der Waals surface area contributed by atoms with Crippen molar-refractivity contribution in [2.24, 2.45) is 7.05 Å². The Morgan fingerprint density at radius 1 is 1.30 bits per heavy atom. The second-order valence-electron chi connectivity index (χ2n) is 5.02. The van der Waals surface area contributed by atoms with Crippen molar-refractivity contribution < 1.29 is 0 Å². The van der Waals surface area contributed by atoms with Gasteiger partial charge < -0.3 is 4.57 Å². The largest absolute Gasteiger partial charge is 0.324 e. The zero-order valence-corrected chi connectivity index (χ0v) is 12.6. The van der Waals surface area contributed by atoms with Crippen molar-refractivity contribution in [3.8, 4) is 11.4 Å². The number of nitrogens with zero attached hydrogens (tertiary/aromatic N) is 4. The third-order valence-corrected chi connectivity index (χ3v) is 3.65. The zero-order chi connectivity index (χ0) is 14.3. The number of benzene rings is 1. The summed E-state index contributed by atoms with van der Waals surface area (Å²) < 4.78 is 4.07. The summed E-state index contributed by atoms with van der Waals surface area (Å²) in [5, 5.41) is 5.13. The van der Waals surface area contributed by atoms with Gasteiger partial charge in [0.25, 0.3) is 0 Å². The van der Waals surface area contributed by atoms with Gasteiger partial charge >= 0.3 is 0 Å². The van der Waals surface area contributed by atoms with E-state index in [4.69, 9.17) is 16.6 Å². The van der Waals surface area contributed by atoms with E-state index in [-0.39, 0.29) is 0 Å². The van der Waals surface area contributed by atoms with Crippen LogP contribution in [-0.2, 0) is 13.6 Å². The van der Waals surface area contributed by atoms with Gasteiger partial charge in [0, 0.05) is 24.8 Å². The third-order valence-electron chi connectivity index (χ3n) is 3.41. The van der Waals surface area contributed by atoms with Crippen LogP contribution in [0.2, 0.25) is 5.02 Å². The minimum Gasteiger partial charge on any atom is -0.324 e. The van der Waals surface area contributed by atoms with E-state index in [1.54, 1.807) is 0 Å². The smallest absolute Gasteiger partial charge is 0.144 e. The first kappa shape index (κ1) is 13.2. The highest BCUT2D eigenvalue weighted by Crippen LogP contribution is 2.28. The Hall–Kier alpha value is -1.81. The Bertz CT molecular complexity index is 770. The number of hydrogen-bond donors (Lipinski definition) is 0. The molecule has 0 fully saturated rings. The standard InChI is InChI=1S/C15H17ClN4/c1-4-7-20-14-6-5-11(16)8-13(14)17-15(20)12-9-19(3)18-10(12)2/h5-6,8-9H,4,7H2,1-3H3. The average Bonchev–Trinajstić information content (AvgIpc) is 2.90. The summed E-state index contributed by atoms with van der Waals surface area (Å²) in [6, 6.07) is 5.87. The Morgan fingerprint density at radius 2 is 2.10 bits per heavy atom. The first-order valence-corrected chi connectivity index (χ1v) is 7.14. The van der Waals surface area contributed by atoms with E-state index in [0.717, 1.165) is 41.1 Å².